The number of aryl methyl sites for hydroxylation is 2. The first-order valence-corrected chi connectivity index (χ1v) is 7.05. The largest absolute Gasteiger partial charge is 0.489 e. The molecule has 0 aliphatic carbocycles. The van der Waals surface area contributed by atoms with E-state index in [2.05, 4.69) is 38.2 Å². The Morgan fingerprint density at radius 2 is 2.00 bits per heavy atom. The maximum absolute atomic E-state index is 5.81. The van der Waals surface area contributed by atoms with E-state index in [4.69, 9.17) is 9.15 Å². The molecule has 0 bridgehead atoms. The van der Waals surface area contributed by atoms with Crippen LogP contribution in [0.1, 0.15) is 36.5 Å². The summed E-state index contributed by atoms with van der Waals surface area (Å²) in [6, 6.07) is 10.6. The summed E-state index contributed by atoms with van der Waals surface area (Å²) >= 11 is 0. The quantitative estimate of drug-likeness (QED) is 0.864. The van der Waals surface area contributed by atoms with Crippen molar-refractivity contribution < 1.29 is 9.15 Å². The summed E-state index contributed by atoms with van der Waals surface area (Å²) in [7, 11) is 0. The molecule has 3 nitrogen and oxygen atoms in total. The minimum atomic E-state index is 0.451. The molecule has 3 heteroatoms. The molecule has 0 aliphatic heterocycles. The van der Waals surface area contributed by atoms with E-state index in [1.54, 1.807) is 0 Å². The van der Waals surface area contributed by atoms with Gasteiger partial charge < -0.3 is 14.5 Å². The summed E-state index contributed by atoms with van der Waals surface area (Å²) in [4.78, 5) is 0. The highest BCUT2D eigenvalue weighted by Gasteiger charge is 2.08. The van der Waals surface area contributed by atoms with E-state index in [0.29, 0.717) is 12.6 Å². The molecule has 0 spiro atoms. The number of furan rings is 1. The van der Waals surface area contributed by atoms with Crippen LogP contribution in [0.3, 0.4) is 0 Å². The maximum atomic E-state index is 5.81. The van der Waals surface area contributed by atoms with Gasteiger partial charge >= 0.3 is 0 Å². The Labute approximate surface area is 121 Å². The van der Waals surface area contributed by atoms with Gasteiger partial charge in [0.15, 0.2) is 0 Å². The molecule has 0 saturated carbocycles. The molecule has 20 heavy (non-hydrogen) atoms. The van der Waals surface area contributed by atoms with Gasteiger partial charge in [0.2, 0.25) is 0 Å². The molecule has 108 valence electrons. The first-order valence-electron chi connectivity index (χ1n) is 7.05. The molecule has 1 heterocycles. The van der Waals surface area contributed by atoms with Crippen molar-refractivity contribution in [1.29, 1.82) is 0 Å². The van der Waals surface area contributed by atoms with E-state index in [1.165, 1.54) is 5.56 Å². The lowest BCUT2D eigenvalue weighted by Gasteiger charge is -2.05. The van der Waals surface area contributed by atoms with Gasteiger partial charge in [-0.2, -0.15) is 0 Å². The van der Waals surface area contributed by atoms with Gasteiger partial charge in [-0.3, -0.25) is 0 Å². The minimum absolute atomic E-state index is 0.451. The molecule has 0 atom stereocenters. The molecule has 0 radical (unpaired) electrons. The molecule has 1 N–H and O–H groups in total. The van der Waals surface area contributed by atoms with Crippen molar-refractivity contribution in [3.8, 4) is 5.75 Å². The monoisotopic (exact) mass is 273 g/mol. The fourth-order valence-electron chi connectivity index (χ4n) is 1.99. The van der Waals surface area contributed by atoms with Crippen LogP contribution in [0.4, 0.5) is 0 Å². The summed E-state index contributed by atoms with van der Waals surface area (Å²) < 4.78 is 11.5. The van der Waals surface area contributed by atoms with Crippen LogP contribution in [-0.2, 0) is 13.2 Å². The number of nitrogens with one attached hydrogen (secondary N) is 1. The lowest BCUT2D eigenvalue weighted by Crippen LogP contribution is -2.21. The number of benzene rings is 1. The van der Waals surface area contributed by atoms with Crippen molar-refractivity contribution in [2.75, 3.05) is 0 Å². The van der Waals surface area contributed by atoms with Crippen LogP contribution >= 0.6 is 0 Å². The van der Waals surface area contributed by atoms with Crippen LogP contribution in [0.25, 0.3) is 0 Å². The summed E-state index contributed by atoms with van der Waals surface area (Å²) in [5, 5.41) is 3.35. The lowest BCUT2D eigenvalue weighted by molar-refractivity contribution is 0.302. The van der Waals surface area contributed by atoms with E-state index < -0.39 is 0 Å². The molecule has 1 aromatic heterocycles. The van der Waals surface area contributed by atoms with Crippen LogP contribution < -0.4 is 10.1 Å². The Morgan fingerprint density at radius 3 is 2.70 bits per heavy atom. The summed E-state index contributed by atoms with van der Waals surface area (Å²) in [6.07, 6.45) is 0. The van der Waals surface area contributed by atoms with E-state index in [0.717, 1.165) is 29.4 Å². The number of hydrogen-bond acceptors (Lipinski definition) is 3. The molecule has 0 aliphatic rings. The smallest absolute Gasteiger partial charge is 0.120 e. The average molecular weight is 273 g/mol. The molecule has 0 amide bonds. The van der Waals surface area contributed by atoms with Gasteiger partial charge in [-0.05, 0) is 37.6 Å². The fraction of sp³-hybridized carbons (Fsp3) is 0.412. The van der Waals surface area contributed by atoms with Crippen LogP contribution in [0, 0.1) is 13.8 Å². The van der Waals surface area contributed by atoms with Crippen LogP contribution in [0.15, 0.2) is 34.7 Å². The SMILES string of the molecule is Cc1cccc(OCc2cc(CNC(C)C)oc2C)c1. The third-order valence-electron chi connectivity index (χ3n) is 3.14. The molecule has 1 aromatic carbocycles. The number of hydrogen-bond donors (Lipinski definition) is 1. The maximum Gasteiger partial charge on any atom is 0.120 e. The van der Waals surface area contributed by atoms with Gasteiger partial charge in [0.25, 0.3) is 0 Å². The molecule has 2 rings (SSSR count). The van der Waals surface area contributed by atoms with Gasteiger partial charge in [0, 0.05) is 11.6 Å². The third kappa shape index (κ3) is 4.14. The molecular weight excluding hydrogens is 250 g/mol. The first-order chi connectivity index (χ1) is 9.54. The van der Waals surface area contributed by atoms with Crippen LogP contribution in [-0.4, -0.2) is 6.04 Å². The Bertz CT molecular complexity index is 558. The highest BCUT2D eigenvalue weighted by atomic mass is 16.5. The zero-order valence-corrected chi connectivity index (χ0v) is 12.7. The second kappa shape index (κ2) is 6.62. The van der Waals surface area contributed by atoms with E-state index in [9.17, 15) is 0 Å². The normalized spacial score (nSPS) is 11.1. The summed E-state index contributed by atoms with van der Waals surface area (Å²) in [5.74, 6) is 2.78. The van der Waals surface area contributed by atoms with E-state index >= 15 is 0 Å². The van der Waals surface area contributed by atoms with Gasteiger partial charge in [0.05, 0.1) is 6.54 Å². The van der Waals surface area contributed by atoms with E-state index in [-0.39, 0.29) is 0 Å². The van der Waals surface area contributed by atoms with Crippen LogP contribution in [0.5, 0.6) is 5.75 Å². The Morgan fingerprint density at radius 1 is 1.20 bits per heavy atom. The van der Waals surface area contributed by atoms with Crippen molar-refractivity contribution in [2.45, 2.75) is 46.9 Å². The number of rotatable bonds is 6. The molecule has 0 saturated heterocycles. The van der Waals surface area contributed by atoms with Crippen molar-refractivity contribution in [2.24, 2.45) is 0 Å². The minimum Gasteiger partial charge on any atom is -0.489 e. The predicted octanol–water partition coefficient (Wildman–Crippen LogP) is 3.97. The van der Waals surface area contributed by atoms with Gasteiger partial charge in [-0.25, -0.2) is 0 Å². The Balaban J connectivity index is 1.96. The molecule has 0 unspecified atom stereocenters. The van der Waals surface area contributed by atoms with Crippen molar-refractivity contribution in [1.82, 2.24) is 5.32 Å². The zero-order chi connectivity index (χ0) is 14.5. The topological polar surface area (TPSA) is 34.4 Å². The standard InChI is InChI=1S/C17H23NO2/c1-12(2)18-10-17-9-15(14(4)20-17)11-19-16-7-5-6-13(3)8-16/h5-9,12,18H,10-11H2,1-4H3. The molecule has 2 aromatic rings. The van der Waals surface area contributed by atoms with E-state index in [1.807, 2.05) is 25.1 Å². The third-order valence-corrected chi connectivity index (χ3v) is 3.14. The second-order valence-electron chi connectivity index (χ2n) is 5.43. The van der Waals surface area contributed by atoms with Crippen molar-refractivity contribution in [3.63, 3.8) is 0 Å². The highest BCUT2D eigenvalue weighted by molar-refractivity contribution is 5.28. The van der Waals surface area contributed by atoms with Crippen LogP contribution in [0.2, 0.25) is 0 Å². The Hall–Kier alpha value is -1.74. The van der Waals surface area contributed by atoms with Gasteiger partial charge in [-0.15, -0.1) is 0 Å². The predicted molar refractivity (Wildman–Crippen MR) is 80.9 cm³/mol. The lowest BCUT2D eigenvalue weighted by atomic mass is 10.2. The number of ether oxygens (including phenoxy) is 1. The van der Waals surface area contributed by atoms with Crippen molar-refractivity contribution >= 4 is 0 Å². The van der Waals surface area contributed by atoms with Gasteiger partial charge in [-0.1, -0.05) is 26.0 Å². The average Bonchev–Trinajstić information content (AvgIpc) is 2.75. The second-order valence-corrected chi connectivity index (χ2v) is 5.43. The molecule has 0 fully saturated rings. The fourth-order valence-corrected chi connectivity index (χ4v) is 1.99. The first kappa shape index (κ1) is 14.7. The summed E-state index contributed by atoms with van der Waals surface area (Å²) in [5.41, 5.74) is 2.31. The van der Waals surface area contributed by atoms with Gasteiger partial charge in [0.1, 0.15) is 23.9 Å². The highest BCUT2D eigenvalue weighted by Crippen LogP contribution is 2.19. The van der Waals surface area contributed by atoms with Crippen molar-refractivity contribution in [3.05, 3.63) is 53.0 Å². The summed E-state index contributed by atoms with van der Waals surface area (Å²) in [6.45, 7) is 9.58. The Kier molecular flexibility index (Phi) is 4.85. The molecular formula is C17H23NO2. The zero-order valence-electron chi connectivity index (χ0n) is 12.7.